The number of rotatable bonds is 5. The number of nitrogens with zero attached hydrogens (tertiary/aromatic N) is 3. The Morgan fingerprint density at radius 3 is 2.70 bits per heavy atom. The molecule has 0 unspecified atom stereocenters. The van der Waals surface area contributed by atoms with Gasteiger partial charge in [-0.05, 0) is 38.1 Å². The second-order valence-electron chi connectivity index (χ2n) is 5.21. The van der Waals surface area contributed by atoms with Crippen molar-refractivity contribution in [3.05, 3.63) is 60.9 Å². The minimum Gasteiger partial charge on any atom is -0.312 e. The van der Waals surface area contributed by atoms with Crippen LogP contribution in [0.1, 0.15) is 13.8 Å². The Morgan fingerprint density at radius 2 is 1.96 bits per heavy atom. The van der Waals surface area contributed by atoms with Gasteiger partial charge >= 0.3 is 0 Å². The van der Waals surface area contributed by atoms with E-state index in [-0.39, 0.29) is 11.2 Å². The predicted molar refractivity (Wildman–Crippen MR) is 95.0 cm³/mol. The van der Waals surface area contributed by atoms with Crippen LogP contribution in [0, 0.1) is 0 Å². The minimum absolute atomic E-state index is 0.0939. The largest absolute Gasteiger partial charge is 0.312 e. The third kappa shape index (κ3) is 3.24. The summed E-state index contributed by atoms with van der Waals surface area (Å²) in [6.07, 6.45) is 3.80. The van der Waals surface area contributed by atoms with Crippen molar-refractivity contribution in [1.82, 2.24) is 9.38 Å². The fourth-order valence-corrected chi connectivity index (χ4v) is 3.45. The molecule has 0 saturated carbocycles. The van der Waals surface area contributed by atoms with Gasteiger partial charge in [0.2, 0.25) is 5.91 Å². The number of benzene rings is 1. The SMILES string of the molecule is CCN(C(=O)[C@@H](C)Sc1ncc2ccccn12)c1ccccc1. The first-order valence-corrected chi connectivity index (χ1v) is 8.54. The Labute approximate surface area is 140 Å². The molecule has 0 aliphatic carbocycles. The van der Waals surface area contributed by atoms with Gasteiger partial charge in [-0.2, -0.15) is 0 Å². The van der Waals surface area contributed by atoms with Crippen LogP contribution in [-0.2, 0) is 4.79 Å². The molecule has 0 aliphatic heterocycles. The molecule has 2 heterocycles. The van der Waals surface area contributed by atoms with Crippen molar-refractivity contribution >= 4 is 28.9 Å². The van der Waals surface area contributed by atoms with Gasteiger partial charge in [0.25, 0.3) is 0 Å². The highest BCUT2D eigenvalue weighted by Crippen LogP contribution is 2.26. The average Bonchev–Trinajstić information content (AvgIpc) is 2.99. The summed E-state index contributed by atoms with van der Waals surface area (Å²) < 4.78 is 2.01. The van der Waals surface area contributed by atoms with Crippen molar-refractivity contribution in [3.8, 4) is 0 Å². The first kappa shape index (κ1) is 15.6. The van der Waals surface area contributed by atoms with Crippen molar-refractivity contribution in [2.24, 2.45) is 0 Å². The molecule has 0 bridgehead atoms. The highest BCUT2D eigenvalue weighted by atomic mass is 32.2. The topological polar surface area (TPSA) is 37.6 Å². The lowest BCUT2D eigenvalue weighted by Crippen LogP contribution is -2.36. The van der Waals surface area contributed by atoms with E-state index < -0.39 is 0 Å². The van der Waals surface area contributed by atoms with E-state index in [2.05, 4.69) is 4.98 Å². The fraction of sp³-hybridized carbons (Fsp3) is 0.222. The Balaban J connectivity index is 1.79. The molecule has 1 atom stereocenters. The van der Waals surface area contributed by atoms with E-state index in [0.717, 1.165) is 16.4 Å². The van der Waals surface area contributed by atoms with E-state index in [1.54, 1.807) is 0 Å². The van der Waals surface area contributed by atoms with E-state index in [9.17, 15) is 4.79 Å². The van der Waals surface area contributed by atoms with E-state index >= 15 is 0 Å². The van der Waals surface area contributed by atoms with Crippen LogP contribution in [0.5, 0.6) is 0 Å². The lowest BCUT2D eigenvalue weighted by molar-refractivity contribution is -0.117. The Bertz CT molecular complexity index is 800. The van der Waals surface area contributed by atoms with Crippen LogP contribution in [0.4, 0.5) is 5.69 Å². The number of imidazole rings is 1. The maximum Gasteiger partial charge on any atom is 0.240 e. The molecule has 0 N–H and O–H groups in total. The maximum absolute atomic E-state index is 12.8. The van der Waals surface area contributed by atoms with E-state index in [0.29, 0.717) is 6.54 Å². The van der Waals surface area contributed by atoms with Crippen molar-refractivity contribution in [3.63, 3.8) is 0 Å². The molecule has 23 heavy (non-hydrogen) atoms. The van der Waals surface area contributed by atoms with Crippen molar-refractivity contribution < 1.29 is 4.79 Å². The zero-order chi connectivity index (χ0) is 16.2. The molecule has 0 radical (unpaired) electrons. The number of thioether (sulfide) groups is 1. The highest BCUT2D eigenvalue weighted by molar-refractivity contribution is 8.00. The number of anilines is 1. The molecule has 4 nitrogen and oxygen atoms in total. The molecule has 3 rings (SSSR count). The average molecular weight is 325 g/mol. The fourth-order valence-electron chi connectivity index (χ4n) is 2.51. The standard InChI is InChI=1S/C18H19N3OS/c1-3-20(15-9-5-4-6-10-15)17(22)14(2)23-18-19-13-16-11-7-8-12-21(16)18/h4-14H,3H2,1-2H3/t14-/m1/s1. The Morgan fingerprint density at radius 1 is 1.22 bits per heavy atom. The maximum atomic E-state index is 12.8. The first-order chi connectivity index (χ1) is 11.2. The van der Waals surface area contributed by atoms with Crippen LogP contribution in [0.15, 0.2) is 66.1 Å². The number of hydrogen-bond donors (Lipinski definition) is 0. The van der Waals surface area contributed by atoms with Gasteiger partial charge < -0.3 is 4.90 Å². The van der Waals surface area contributed by atoms with Crippen LogP contribution in [0.2, 0.25) is 0 Å². The molecule has 118 valence electrons. The molecule has 0 aliphatic rings. The summed E-state index contributed by atoms with van der Waals surface area (Å²) in [7, 11) is 0. The summed E-state index contributed by atoms with van der Waals surface area (Å²) in [5.74, 6) is 0.0939. The zero-order valence-corrected chi connectivity index (χ0v) is 14.0. The van der Waals surface area contributed by atoms with Gasteiger partial charge in [0.15, 0.2) is 5.16 Å². The quantitative estimate of drug-likeness (QED) is 0.668. The minimum atomic E-state index is -0.207. The molecular formula is C18H19N3OS. The lowest BCUT2D eigenvalue weighted by Gasteiger charge is -2.24. The monoisotopic (exact) mass is 325 g/mol. The molecular weight excluding hydrogens is 306 g/mol. The summed E-state index contributed by atoms with van der Waals surface area (Å²) >= 11 is 1.49. The summed E-state index contributed by atoms with van der Waals surface area (Å²) in [5, 5.41) is 0.631. The first-order valence-electron chi connectivity index (χ1n) is 7.66. The number of hydrogen-bond acceptors (Lipinski definition) is 3. The summed E-state index contributed by atoms with van der Waals surface area (Å²) in [5.41, 5.74) is 1.96. The van der Waals surface area contributed by atoms with Gasteiger partial charge in [-0.3, -0.25) is 9.20 Å². The number of amides is 1. The molecule has 0 saturated heterocycles. The van der Waals surface area contributed by atoms with Gasteiger partial charge in [0, 0.05) is 18.4 Å². The van der Waals surface area contributed by atoms with Gasteiger partial charge in [-0.25, -0.2) is 4.98 Å². The summed E-state index contributed by atoms with van der Waals surface area (Å²) in [6, 6.07) is 15.7. The van der Waals surface area contributed by atoms with E-state index in [4.69, 9.17) is 0 Å². The van der Waals surface area contributed by atoms with Gasteiger partial charge in [0.1, 0.15) is 0 Å². The van der Waals surface area contributed by atoms with E-state index in [1.165, 1.54) is 11.8 Å². The molecule has 0 fully saturated rings. The molecule has 1 aromatic carbocycles. The number of carbonyl (C=O) groups is 1. The smallest absolute Gasteiger partial charge is 0.240 e. The number of carbonyl (C=O) groups excluding carboxylic acids is 1. The van der Waals surface area contributed by atoms with Crippen molar-refractivity contribution in [2.75, 3.05) is 11.4 Å². The number of aromatic nitrogens is 2. The van der Waals surface area contributed by atoms with Crippen molar-refractivity contribution in [2.45, 2.75) is 24.3 Å². The van der Waals surface area contributed by atoms with Crippen LogP contribution in [-0.4, -0.2) is 27.1 Å². The summed E-state index contributed by atoms with van der Waals surface area (Å²) in [4.78, 5) is 19.0. The second-order valence-corrected chi connectivity index (χ2v) is 6.52. The molecule has 3 aromatic rings. The van der Waals surface area contributed by atoms with Gasteiger partial charge in [-0.1, -0.05) is 36.0 Å². The normalized spacial score (nSPS) is 12.3. The van der Waals surface area contributed by atoms with Crippen LogP contribution < -0.4 is 4.90 Å². The lowest BCUT2D eigenvalue weighted by atomic mass is 10.2. The molecule has 5 heteroatoms. The van der Waals surface area contributed by atoms with E-state index in [1.807, 2.05) is 84.1 Å². The van der Waals surface area contributed by atoms with Crippen LogP contribution in [0.3, 0.4) is 0 Å². The third-order valence-corrected chi connectivity index (χ3v) is 4.75. The van der Waals surface area contributed by atoms with Crippen LogP contribution >= 0.6 is 11.8 Å². The highest BCUT2D eigenvalue weighted by Gasteiger charge is 2.23. The van der Waals surface area contributed by atoms with Crippen LogP contribution in [0.25, 0.3) is 5.52 Å². The summed E-state index contributed by atoms with van der Waals surface area (Å²) in [6.45, 7) is 4.58. The number of para-hydroxylation sites is 1. The Kier molecular flexibility index (Phi) is 4.67. The van der Waals surface area contributed by atoms with Gasteiger partial charge in [0.05, 0.1) is 17.0 Å². The van der Waals surface area contributed by atoms with Crippen molar-refractivity contribution in [1.29, 1.82) is 0 Å². The second kappa shape index (κ2) is 6.87. The molecule has 0 spiro atoms. The predicted octanol–water partition coefficient (Wildman–Crippen LogP) is 3.87. The number of pyridine rings is 1. The van der Waals surface area contributed by atoms with Gasteiger partial charge in [-0.15, -0.1) is 0 Å². The Hall–Kier alpha value is -2.27. The molecule has 1 amide bonds. The number of fused-ring (bicyclic) bond motifs is 1. The molecule has 2 aromatic heterocycles. The zero-order valence-electron chi connectivity index (χ0n) is 13.2. The third-order valence-electron chi connectivity index (χ3n) is 3.68.